The van der Waals surface area contributed by atoms with Gasteiger partial charge in [0.15, 0.2) is 0 Å². The van der Waals surface area contributed by atoms with E-state index in [2.05, 4.69) is 5.32 Å². The van der Waals surface area contributed by atoms with Crippen molar-refractivity contribution in [2.24, 2.45) is 5.92 Å². The standard InChI is InChI=1S/C23H24N2O3/c1-2-28-18-9-7-16(8-10-18)22-13-20(19-5-3-4-6-21(19)25-22)23(27)24-17-11-15(12-17)14-26/h3-10,13,15,17,26H,2,11-12,14H2,1H3,(H,24,27). The van der Waals surface area contributed by atoms with Crippen LogP contribution in [0, 0.1) is 5.92 Å². The first-order valence-corrected chi connectivity index (χ1v) is 9.72. The fraction of sp³-hybridized carbons (Fsp3) is 0.304. The van der Waals surface area contributed by atoms with E-state index >= 15 is 0 Å². The van der Waals surface area contributed by atoms with E-state index in [4.69, 9.17) is 9.72 Å². The number of pyridine rings is 1. The van der Waals surface area contributed by atoms with Crippen molar-refractivity contribution in [3.63, 3.8) is 0 Å². The number of carbonyl (C=O) groups excluding carboxylic acids is 1. The highest BCUT2D eigenvalue weighted by Crippen LogP contribution is 2.29. The lowest BCUT2D eigenvalue weighted by Crippen LogP contribution is -2.45. The number of aromatic nitrogens is 1. The van der Waals surface area contributed by atoms with Crippen LogP contribution in [0.5, 0.6) is 5.75 Å². The Balaban J connectivity index is 1.66. The van der Waals surface area contributed by atoms with Crippen LogP contribution in [-0.4, -0.2) is 35.3 Å². The average Bonchev–Trinajstić information content (AvgIpc) is 2.70. The molecule has 1 aromatic heterocycles. The van der Waals surface area contributed by atoms with Crippen LogP contribution in [0.4, 0.5) is 0 Å². The molecule has 1 aliphatic carbocycles. The van der Waals surface area contributed by atoms with Gasteiger partial charge in [-0.1, -0.05) is 18.2 Å². The second kappa shape index (κ2) is 7.98. The summed E-state index contributed by atoms with van der Waals surface area (Å²) in [5, 5.41) is 13.1. The van der Waals surface area contributed by atoms with Gasteiger partial charge in [-0.2, -0.15) is 0 Å². The van der Waals surface area contributed by atoms with Crippen LogP contribution in [-0.2, 0) is 0 Å². The van der Waals surface area contributed by atoms with Gasteiger partial charge in [0.1, 0.15) is 5.75 Å². The minimum atomic E-state index is -0.0906. The molecule has 3 aromatic rings. The molecule has 0 bridgehead atoms. The number of hydrogen-bond donors (Lipinski definition) is 2. The fourth-order valence-electron chi connectivity index (χ4n) is 3.67. The minimum Gasteiger partial charge on any atom is -0.494 e. The van der Waals surface area contributed by atoms with E-state index < -0.39 is 0 Å². The van der Waals surface area contributed by atoms with Gasteiger partial charge in [0.2, 0.25) is 0 Å². The van der Waals surface area contributed by atoms with Crippen molar-refractivity contribution in [1.29, 1.82) is 0 Å². The summed E-state index contributed by atoms with van der Waals surface area (Å²) in [5.41, 5.74) is 3.11. The molecule has 0 radical (unpaired) electrons. The van der Waals surface area contributed by atoms with E-state index in [1.165, 1.54) is 0 Å². The van der Waals surface area contributed by atoms with Gasteiger partial charge >= 0.3 is 0 Å². The van der Waals surface area contributed by atoms with Crippen molar-refractivity contribution < 1.29 is 14.6 Å². The lowest BCUT2D eigenvalue weighted by Gasteiger charge is -2.34. The summed E-state index contributed by atoms with van der Waals surface area (Å²) in [4.78, 5) is 17.7. The third-order valence-corrected chi connectivity index (χ3v) is 5.25. The minimum absolute atomic E-state index is 0.0906. The van der Waals surface area contributed by atoms with Crippen LogP contribution in [0.2, 0.25) is 0 Å². The summed E-state index contributed by atoms with van der Waals surface area (Å²) in [6.45, 7) is 2.76. The van der Waals surface area contributed by atoms with E-state index in [-0.39, 0.29) is 18.6 Å². The summed E-state index contributed by atoms with van der Waals surface area (Å²) >= 11 is 0. The molecule has 2 N–H and O–H groups in total. The predicted molar refractivity (Wildman–Crippen MR) is 109 cm³/mol. The molecule has 1 aliphatic rings. The topological polar surface area (TPSA) is 71.5 Å². The third-order valence-electron chi connectivity index (χ3n) is 5.25. The summed E-state index contributed by atoms with van der Waals surface area (Å²) in [5.74, 6) is 1.03. The largest absolute Gasteiger partial charge is 0.494 e. The van der Waals surface area contributed by atoms with Crippen molar-refractivity contribution >= 4 is 16.8 Å². The molecule has 144 valence electrons. The number of benzene rings is 2. The van der Waals surface area contributed by atoms with Gasteiger partial charge in [-0.05, 0) is 62.1 Å². The summed E-state index contributed by atoms with van der Waals surface area (Å²) in [6.07, 6.45) is 1.66. The molecular weight excluding hydrogens is 352 g/mol. The van der Waals surface area contributed by atoms with Crippen molar-refractivity contribution in [3.8, 4) is 17.0 Å². The van der Waals surface area contributed by atoms with Crippen LogP contribution >= 0.6 is 0 Å². The Hall–Kier alpha value is -2.92. The van der Waals surface area contributed by atoms with E-state index in [9.17, 15) is 9.90 Å². The number of ether oxygens (including phenoxy) is 1. The second-order valence-electron chi connectivity index (χ2n) is 7.22. The van der Waals surface area contributed by atoms with Gasteiger partial charge < -0.3 is 15.2 Å². The highest BCUT2D eigenvalue weighted by molar-refractivity contribution is 6.07. The zero-order valence-corrected chi connectivity index (χ0v) is 15.9. The van der Waals surface area contributed by atoms with Crippen LogP contribution in [0.3, 0.4) is 0 Å². The maximum Gasteiger partial charge on any atom is 0.252 e. The molecule has 1 fully saturated rings. The van der Waals surface area contributed by atoms with Gasteiger partial charge in [0.05, 0.1) is 23.4 Å². The molecule has 0 saturated heterocycles. The van der Waals surface area contributed by atoms with Crippen LogP contribution < -0.4 is 10.1 Å². The molecule has 1 heterocycles. The second-order valence-corrected chi connectivity index (χ2v) is 7.22. The first-order chi connectivity index (χ1) is 13.7. The Labute approximate surface area is 164 Å². The Kier molecular flexibility index (Phi) is 5.26. The van der Waals surface area contributed by atoms with Crippen LogP contribution in [0.1, 0.15) is 30.1 Å². The predicted octanol–water partition coefficient (Wildman–Crippen LogP) is 3.80. The number of aliphatic hydroxyl groups is 1. The molecule has 5 nitrogen and oxygen atoms in total. The number of aliphatic hydroxyl groups excluding tert-OH is 1. The number of para-hydroxylation sites is 1. The zero-order valence-electron chi connectivity index (χ0n) is 15.9. The Morgan fingerprint density at radius 3 is 2.64 bits per heavy atom. The van der Waals surface area contributed by atoms with Crippen LogP contribution in [0.15, 0.2) is 54.6 Å². The molecule has 0 atom stereocenters. The number of rotatable bonds is 6. The number of nitrogens with one attached hydrogen (secondary N) is 1. The Morgan fingerprint density at radius 2 is 1.93 bits per heavy atom. The van der Waals surface area contributed by atoms with E-state index in [1.807, 2.05) is 61.5 Å². The average molecular weight is 376 g/mol. The van der Waals surface area contributed by atoms with Gasteiger partial charge in [-0.3, -0.25) is 4.79 Å². The zero-order chi connectivity index (χ0) is 19.5. The van der Waals surface area contributed by atoms with Gasteiger partial charge in [0.25, 0.3) is 5.91 Å². The Bertz CT molecular complexity index is 979. The van der Waals surface area contributed by atoms with E-state index in [0.717, 1.165) is 40.8 Å². The molecule has 1 saturated carbocycles. The van der Waals surface area contributed by atoms with Crippen molar-refractivity contribution in [3.05, 3.63) is 60.2 Å². The lowest BCUT2D eigenvalue weighted by molar-refractivity contribution is 0.0834. The van der Waals surface area contributed by atoms with Crippen molar-refractivity contribution in [1.82, 2.24) is 10.3 Å². The molecule has 0 spiro atoms. The molecule has 0 aliphatic heterocycles. The number of hydrogen-bond acceptors (Lipinski definition) is 4. The monoisotopic (exact) mass is 376 g/mol. The quantitative estimate of drug-likeness (QED) is 0.686. The molecule has 4 rings (SSSR count). The molecular formula is C23H24N2O3. The normalized spacial score (nSPS) is 18.5. The Morgan fingerprint density at radius 1 is 1.18 bits per heavy atom. The highest BCUT2D eigenvalue weighted by atomic mass is 16.5. The fourth-order valence-corrected chi connectivity index (χ4v) is 3.67. The van der Waals surface area contributed by atoms with E-state index in [0.29, 0.717) is 18.1 Å². The molecule has 28 heavy (non-hydrogen) atoms. The maximum absolute atomic E-state index is 13.0. The maximum atomic E-state index is 13.0. The first-order valence-electron chi connectivity index (χ1n) is 9.72. The van der Waals surface area contributed by atoms with Crippen LogP contribution in [0.25, 0.3) is 22.2 Å². The number of carbonyl (C=O) groups is 1. The third kappa shape index (κ3) is 3.71. The van der Waals surface area contributed by atoms with Gasteiger partial charge in [-0.15, -0.1) is 0 Å². The summed E-state index contributed by atoms with van der Waals surface area (Å²) < 4.78 is 5.51. The number of amides is 1. The smallest absolute Gasteiger partial charge is 0.252 e. The summed E-state index contributed by atoms with van der Waals surface area (Å²) in [7, 11) is 0. The highest BCUT2D eigenvalue weighted by Gasteiger charge is 2.30. The number of fused-ring (bicyclic) bond motifs is 1. The number of nitrogens with zero attached hydrogens (tertiary/aromatic N) is 1. The van der Waals surface area contributed by atoms with Crippen molar-refractivity contribution in [2.75, 3.05) is 13.2 Å². The van der Waals surface area contributed by atoms with E-state index in [1.54, 1.807) is 0 Å². The molecule has 5 heteroatoms. The molecule has 0 unspecified atom stereocenters. The lowest BCUT2D eigenvalue weighted by atomic mass is 9.81. The van der Waals surface area contributed by atoms with Gasteiger partial charge in [-0.25, -0.2) is 4.98 Å². The summed E-state index contributed by atoms with van der Waals surface area (Å²) in [6, 6.07) is 17.4. The van der Waals surface area contributed by atoms with Crippen molar-refractivity contribution in [2.45, 2.75) is 25.8 Å². The first kappa shape index (κ1) is 18.4. The molecule has 2 aromatic carbocycles. The SMILES string of the molecule is CCOc1ccc(-c2cc(C(=O)NC3CC(CO)C3)c3ccccc3n2)cc1. The molecule has 1 amide bonds. The van der Waals surface area contributed by atoms with Gasteiger partial charge in [0, 0.05) is 23.6 Å².